The zero-order chi connectivity index (χ0) is 15.5. The van der Waals surface area contributed by atoms with Crippen LogP contribution in [0, 0.1) is 18.8 Å². The van der Waals surface area contributed by atoms with E-state index in [4.69, 9.17) is 0 Å². The van der Waals surface area contributed by atoms with Crippen LogP contribution >= 0.6 is 0 Å². The minimum Gasteiger partial charge on any atom is -0.507 e. The summed E-state index contributed by atoms with van der Waals surface area (Å²) in [6, 6.07) is 15.2. The van der Waals surface area contributed by atoms with Gasteiger partial charge >= 0.3 is 0 Å². The van der Waals surface area contributed by atoms with Gasteiger partial charge in [0.25, 0.3) is 0 Å². The van der Waals surface area contributed by atoms with Crippen LogP contribution in [0.5, 0.6) is 5.75 Å². The number of phenols is 1. The molecule has 0 radical (unpaired) electrons. The van der Waals surface area contributed by atoms with Gasteiger partial charge in [0.05, 0.1) is 5.56 Å². The first-order valence-electron chi connectivity index (χ1n) is 7.04. The second kappa shape index (κ2) is 5.79. The fourth-order valence-corrected chi connectivity index (χ4v) is 2.23. The van der Waals surface area contributed by atoms with E-state index in [1.807, 2.05) is 49.6 Å². The molecule has 1 heterocycles. The van der Waals surface area contributed by atoms with Gasteiger partial charge < -0.3 is 5.11 Å². The summed E-state index contributed by atoms with van der Waals surface area (Å²) in [5.74, 6) is 6.51. The molecule has 0 unspecified atom stereocenters. The highest BCUT2D eigenvalue weighted by atomic mass is 16.3. The molecule has 0 aliphatic carbocycles. The van der Waals surface area contributed by atoms with Crippen molar-refractivity contribution in [2.45, 2.75) is 6.92 Å². The Morgan fingerprint density at radius 1 is 1.00 bits per heavy atom. The minimum atomic E-state index is 0.208. The summed E-state index contributed by atoms with van der Waals surface area (Å²) in [5.41, 5.74) is 4.35. The molecule has 1 N–H and O–H groups in total. The fourth-order valence-electron chi connectivity index (χ4n) is 2.23. The summed E-state index contributed by atoms with van der Waals surface area (Å²) in [6.07, 6.45) is 1.86. The molecule has 22 heavy (non-hydrogen) atoms. The van der Waals surface area contributed by atoms with E-state index >= 15 is 0 Å². The molecule has 0 bridgehead atoms. The monoisotopic (exact) mass is 288 g/mol. The van der Waals surface area contributed by atoms with Crippen molar-refractivity contribution in [1.29, 1.82) is 0 Å². The molecule has 108 valence electrons. The zero-order valence-corrected chi connectivity index (χ0v) is 12.5. The standard InChI is InChI=1S/C19H16N2O/c1-14-7-9-15(10-8-14)11-12-16-13-21(2)20-19(16)17-5-3-4-6-18(17)22/h3-10,13,22H,1-2H3. The lowest BCUT2D eigenvalue weighted by molar-refractivity contribution is 0.477. The number of hydrogen-bond acceptors (Lipinski definition) is 2. The second-order valence-electron chi connectivity index (χ2n) is 5.20. The largest absolute Gasteiger partial charge is 0.507 e. The lowest BCUT2D eigenvalue weighted by Gasteiger charge is -2.00. The normalized spacial score (nSPS) is 10.1. The Bertz CT molecular complexity index is 864. The Kier molecular flexibility index (Phi) is 3.67. The number of hydrogen-bond donors (Lipinski definition) is 1. The number of benzene rings is 2. The average Bonchev–Trinajstić information content (AvgIpc) is 2.88. The van der Waals surface area contributed by atoms with Gasteiger partial charge in [0.2, 0.25) is 0 Å². The molecule has 0 saturated carbocycles. The third-order valence-electron chi connectivity index (χ3n) is 3.38. The van der Waals surface area contributed by atoms with E-state index in [-0.39, 0.29) is 5.75 Å². The van der Waals surface area contributed by atoms with Crippen LogP contribution in [0.1, 0.15) is 16.7 Å². The molecule has 0 aliphatic heterocycles. The Labute approximate surface area is 129 Å². The van der Waals surface area contributed by atoms with Crippen LogP contribution in [0.4, 0.5) is 0 Å². The topological polar surface area (TPSA) is 38.0 Å². The van der Waals surface area contributed by atoms with Crippen molar-refractivity contribution in [1.82, 2.24) is 9.78 Å². The number of aromatic nitrogens is 2. The highest BCUT2D eigenvalue weighted by Gasteiger charge is 2.11. The molecular formula is C19H16N2O. The van der Waals surface area contributed by atoms with Gasteiger partial charge in [-0.2, -0.15) is 5.10 Å². The molecule has 0 saturated heterocycles. The molecule has 0 atom stereocenters. The number of rotatable bonds is 1. The Morgan fingerprint density at radius 3 is 2.45 bits per heavy atom. The predicted molar refractivity (Wildman–Crippen MR) is 87.5 cm³/mol. The van der Waals surface area contributed by atoms with Gasteiger partial charge in [-0.3, -0.25) is 4.68 Å². The van der Waals surface area contributed by atoms with Crippen LogP contribution in [0.3, 0.4) is 0 Å². The molecule has 0 spiro atoms. The summed E-state index contributed by atoms with van der Waals surface area (Å²) in [6.45, 7) is 2.05. The lowest BCUT2D eigenvalue weighted by Crippen LogP contribution is -1.88. The summed E-state index contributed by atoms with van der Waals surface area (Å²) in [5, 5.41) is 14.4. The van der Waals surface area contributed by atoms with E-state index in [2.05, 4.69) is 23.9 Å². The average molecular weight is 288 g/mol. The SMILES string of the molecule is Cc1ccc(C#Cc2cn(C)nc2-c2ccccc2O)cc1. The van der Waals surface area contributed by atoms with Gasteiger partial charge in [0.15, 0.2) is 0 Å². The van der Waals surface area contributed by atoms with E-state index in [0.29, 0.717) is 11.3 Å². The van der Waals surface area contributed by atoms with Gasteiger partial charge in [-0.15, -0.1) is 0 Å². The summed E-state index contributed by atoms with van der Waals surface area (Å²) < 4.78 is 1.71. The maximum absolute atomic E-state index is 10.0. The summed E-state index contributed by atoms with van der Waals surface area (Å²) >= 11 is 0. The predicted octanol–water partition coefficient (Wildman–Crippen LogP) is 3.50. The first kappa shape index (κ1) is 14.0. The number of aryl methyl sites for hydroxylation is 2. The first-order valence-corrected chi connectivity index (χ1v) is 7.04. The van der Waals surface area contributed by atoms with Gasteiger partial charge in [0, 0.05) is 24.4 Å². The van der Waals surface area contributed by atoms with Crippen LogP contribution in [-0.4, -0.2) is 14.9 Å². The van der Waals surface area contributed by atoms with Crippen molar-refractivity contribution in [3.05, 3.63) is 71.4 Å². The number of nitrogens with zero attached hydrogens (tertiary/aromatic N) is 2. The third-order valence-corrected chi connectivity index (χ3v) is 3.38. The number of para-hydroxylation sites is 1. The van der Waals surface area contributed by atoms with Crippen LogP contribution < -0.4 is 0 Å². The quantitative estimate of drug-likeness (QED) is 0.696. The molecule has 3 aromatic rings. The Morgan fingerprint density at radius 2 is 1.73 bits per heavy atom. The van der Waals surface area contributed by atoms with Crippen molar-refractivity contribution < 1.29 is 5.11 Å². The van der Waals surface area contributed by atoms with E-state index in [1.54, 1.807) is 16.8 Å². The minimum absolute atomic E-state index is 0.208. The second-order valence-corrected chi connectivity index (χ2v) is 5.20. The molecular weight excluding hydrogens is 272 g/mol. The van der Waals surface area contributed by atoms with Crippen molar-refractivity contribution >= 4 is 0 Å². The number of phenolic OH excluding ortho intramolecular Hbond substituents is 1. The van der Waals surface area contributed by atoms with Crippen LogP contribution in [0.15, 0.2) is 54.7 Å². The van der Waals surface area contributed by atoms with Crippen molar-refractivity contribution in [3.8, 4) is 28.8 Å². The molecule has 0 amide bonds. The van der Waals surface area contributed by atoms with Crippen LogP contribution in [0.2, 0.25) is 0 Å². The molecule has 1 aromatic heterocycles. The zero-order valence-electron chi connectivity index (χ0n) is 12.5. The number of aromatic hydroxyl groups is 1. The first-order chi connectivity index (χ1) is 10.6. The summed E-state index contributed by atoms with van der Waals surface area (Å²) in [7, 11) is 1.85. The highest BCUT2D eigenvalue weighted by Crippen LogP contribution is 2.29. The molecule has 2 aromatic carbocycles. The van der Waals surface area contributed by atoms with Gasteiger partial charge in [0.1, 0.15) is 11.4 Å². The molecule has 3 nitrogen and oxygen atoms in total. The smallest absolute Gasteiger partial charge is 0.125 e. The van der Waals surface area contributed by atoms with Crippen molar-refractivity contribution in [3.63, 3.8) is 0 Å². The molecule has 0 aliphatic rings. The van der Waals surface area contributed by atoms with Crippen molar-refractivity contribution in [2.24, 2.45) is 7.05 Å². The van der Waals surface area contributed by atoms with Gasteiger partial charge in [-0.25, -0.2) is 0 Å². The van der Waals surface area contributed by atoms with Crippen molar-refractivity contribution in [2.75, 3.05) is 0 Å². The van der Waals surface area contributed by atoms with E-state index in [9.17, 15) is 5.11 Å². The van der Waals surface area contributed by atoms with E-state index in [0.717, 1.165) is 11.1 Å². The third kappa shape index (κ3) is 2.87. The van der Waals surface area contributed by atoms with E-state index < -0.39 is 0 Å². The van der Waals surface area contributed by atoms with Crippen LogP contribution in [0.25, 0.3) is 11.3 Å². The highest BCUT2D eigenvalue weighted by molar-refractivity contribution is 5.72. The van der Waals surface area contributed by atoms with Gasteiger partial charge in [-0.1, -0.05) is 41.7 Å². The van der Waals surface area contributed by atoms with Gasteiger partial charge in [-0.05, 0) is 31.2 Å². The summed E-state index contributed by atoms with van der Waals surface area (Å²) in [4.78, 5) is 0. The Hall–Kier alpha value is -2.99. The molecule has 0 fully saturated rings. The van der Waals surface area contributed by atoms with E-state index in [1.165, 1.54) is 5.56 Å². The Balaban J connectivity index is 2.03. The maximum Gasteiger partial charge on any atom is 0.125 e. The fraction of sp³-hybridized carbons (Fsp3) is 0.105. The van der Waals surface area contributed by atoms with Crippen LogP contribution in [-0.2, 0) is 7.05 Å². The molecule has 3 rings (SSSR count). The molecule has 3 heteroatoms. The lowest BCUT2D eigenvalue weighted by atomic mass is 10.1. The maximum atomic E-state index is 10.0.